The number of amides is 1. The molecule has 0 aliphatic heterocycles. The van der Waals surface area contributed by atoms with Crippen LogP contribution in [0, 0.1) is 6.92 Å². The molecule has 0 unspecified atom stereocenters. The second-order valence-electron chi connectivity index (χ2n) is 3.16. The predicted molar refractivity (Wildman–Crippen MR) is 68.4 cm³/mol. The van der Waals surface area contributed by atoms with Gasteiger partial charge in [0, 0.05) is 15.1 Å². The van der Waals surface area contributed by atoms with Gasteiger partial charge >= 0.3 is 0 Å². The molecule has 2 heterocycles. The number of hydrogen-bond acceptors (Lipinski definition) is 4. The molecule has 0 aliphatic rings. The Bertz CT molecular complexity index is 500. The number of hydrogen-bond donors (Lipinski definition) is 1. The highest BCUT2D eigenvalue weighted by Crippen LogP contribution is 2.12. The van der Waals surface area contributed by atoms with E-state index >= 15 is 0 Å². The van der Waals surface area contributed by atoms with Gasteiger partial charge in [0.25, 0.3) is 5.91 Å². The zero-order valence-electron chi connectivity index (χ0n) is 8.64. The number of carbonyl (C=O) groups excluding carboxylic acids is 1. The molecular weight excluding hydrogens is 240 g/mol. The van der Waals surface area contributed by atoms with E-state index in [0.29, 0.717) is 5.56 Å². The van der Waals surface area contributed by atoms with Crippen molar-refractivity contribution in [2.45, 2.75) is 6.92 Å². The first-order valence-corrected chi connectivity index (χ1v) is 6.43. The van der Waals surface area contributed by atoms with Crippen molar-refractivity contribution in [1.82, 2.24) is 5.43 Å². The van der Waals surface area contributed by atoms with Crippen LogP contribution in [0.4, 0.5) is 0 Å². The van der Waals surface area contributed by atoms with E-state index in [1.807, 2.05) is 35.9 Å². The summed E-state index contributed by atoms with van der Waals surface area (Å²) < 4.78 is 0. The summed E-state index contributed by atoms with van der Waals surface area (Å²) in [6.45, 7) is 1.97. The molecule has 3 nitrogen and oxygen atoms in total. The SMILES string of the molecule is Cc1cc(C(=O)NN=Cc2cccs2)cs1. The number of nitrogens with zero attached hydrogens (tertiary/aromatic N) is 1. The molecule has 5 heteroatoms. The van der Waals surface area contributed by atoms with Gasteiger partial charge in [0.1, 0.15) is 0 Å². The van der Waals surface area contributed by atoms with E-state index in [2.05, 4.69) is 10.5 Å². The lowest BCUT2D eigenvalue weighted by molar-refractivity contribution is 0.0955. The number of hydrazone groups is 1. The first-order valence-electron chi connectivity index (χ1n) is 4.68. The van der Waals surface area contributed by atoms with Crippen molar-refractivity contribution >= 4 is 34.8 Å². The molecule has 0 saturated carbocycles. The normalized spacial score (nSPS) is 10.8. The summed E-state index contributed by atoms with van der Waals surface area (Å²) in [5.74, 6) is -0.169. The fourth-order valence-electron chi connectivity index (χ4n) is 1.15. The number of nitrogens with one attached hydrogen (secondary N) is 1. The number of rotatable bonds is 3. The molecule has 2 rings (SSSR count). The van der Waals surface area contributed by atoms with Crippen LogP contribution in [0.15, 0.2) is 34.1 Å². The Morgan fingerprint density at radius 3 is 3.00 bits per heavy atom. The van der Waals surface area contributed by atoms with E-state index < -0.39 is 0 Å². The Morgan fingerprint density at radius 1 is 1.50 bits per heavy atom. The second kappa shape index (κ2) is 5.05. The molecular formula is C11H10N2OS2. The van der Waals surface area contributed by atoms with Gasteiger partial charge in [-0.3, -0.25) is 4.79 Å². The molecule has 0 aliphatic carbocycles. The zero-order chi connectivity index (χ0) is 11.4. The topological polar surface area (TPSA) is 41.5 Å². The molecule has 2 aromatic heterocycles. The van der Waals surface area contributed by atoms with Crippen molar-refractivity contribution in [2.75, 3.05) is 0 Å². The van der Waals surface area contributed by atoms with E-state index in [-0.39, 0.29) is 5.91 Å². The van der Waals surface area contributed by atoms with E-state index in [4.69, 9.17) is 0 Å². The van der Waals surface area contributed by atoms with E-state index in [1.54, 1.807) is 28.9 Å². The standard InChI is InChI=1S/C11H10N2OS2/c1-8-5-9(7-16-8)11(14)13-12-6-10-3-2-4-15-10/h2-7H,1H3,(H,13,14). The van der Waals surface area contributed by atoms with Gasteiger partial charge in [-0.15, -0.1) is 22.7 Å². The Balaban J connectivity index is 1.94. The third-order valence-corrected chi connectivity index (χ3v) is 3.56. The van der Waals surface area contributed by atoms with Crippen LogP contribution >= 0.6 is 22.7 Å². The van der Waals surface area contributed by atoms with Gasteiger partial charge in [-0.05, 0) is 24.4 Å². The number of thiophene rings is 2. The molecule has 0 aromatic carbocycles. The van der Waals surface area contributed by atoms with Crippen LogP contribution in [0.25, 0.3) is 0 Å². The summed E-state index contributed by atoms with van der Waals surface area (Å²) in [4.78, 5) is 13.7. The zero-order valence-corrected chi connectivity index (χ0v) is 10.3. The van der Waals surface area contributed by atoms with Crippen molar-refractivity contribution in [3.63, 3.8) is 0 Å². The summed E-state index contributed by atoms with van der Waals surface area (Å²) in [7, 11) is 0. The van der Waals surface area contributed by atoms with E-state index in [1.165, 1.54) is 0 Å². The summed E-state index contributed by atoms with van der Waals surface area (Å²) in [6, 6.07) is 5.73. The van der Waals surface area contributed by atoms with Crippen molar-refractivity contribution in [3.8, 4) is 0 Å². The molecule has 1 N–H and O–H groups in total. The van der Waals surface area contributed by atoms with Crippen molar-refractivity contribution < 1.29 is 4.79 Å². The fraction of sp³-hybridized carbons (Fsp3) is 0.0909. The van der Waals surface area contributed by atoms with Crippen molar-refractivity contribution in [2.24, 2.45) is 5.10 Å². The minimum absolute atomic E-state index is 0.169. The lowest BCUT2D eigenvalue weighted by Crippen LogP contribution is -2.16. The van der Waals surface area contributed by atoms with Crippen molar-refractivity contribution in [1.29, 1.82) is 0 Å². The van der Waals surface area contributed by atoms with Gasteiger partial charge in [-0.25, -0.2) is 5.43 Å². The van der Waals surface area contributed by atoms with Gasteiger partial charge < -0.3 is 0 Å². The maximum atomic E-state index is 11.6. The van der Waals surface area contributed by atoms with Gasteiger partial charge in [0.15, 0.2) is 0 Å². The van der Waals surface area contributed by atoms with Crippen molar-refractivity contribution in [3.05, 3.63) is 44.3 Å². The maximum absolute atomic E-state index is 11.6. The average molecular weight is 250 g/mol. The monoisotopic (exact) mass is 250 g/mol. The summed E-state index contributed by atoms with van der Waals surface area (Å²) in [6.07, 6.45) is 1.64. The molecule has 82 valence electrons. The molecule has 2 aromatic rings. The van der Waals surface area contributed by atoms with Crippen LogP contribution in [0.1, 0.15) is 20.1 Å². The molecule has 0 bridgehead atoms. The van der Waals surface area contributed by atoms with Crippen LogP contribution in [-0.4, -0.2) is 12.1 Å². The van der Waals surface area contributed by atoms with Gasteiger partial charge in [-0.1, -0.05) is 6.07 Å². The summed E-state index contributed by atoms with van der Waals surface area (Å²) >= 11 is 3.13. The first kappa shape index (κ1) is 11.0. The van der Waals surface area contributed by atoms with Crippen LogP contribution in [0.3, 0.4) is 0 Å². The summed E-state index contributed by atoms with van der Waals surface area (Å²) in [5, 5.41) is 7.68. The molecule has 0 saturated heterocycles. The Morgan fingerprint density at radius 2 is 2.38 bits per heavy atom. The van der Waals surface area contributed by atoms with Gasteiger partial charge in [0.2, 0.25) is 0 Å². The molecule has 1 amide bonds. The summed E-state index contributed by atoms with van der Waals surface area (Å²) in [5.41, 5.74) is 3.15. The highest BCUT2D eigenvalue weighted by Gasteiger charge is 2.05. The lowest BCUT2D eigenvalue weighted by atomic mass is 10.3. The minimum atomic E-state index is -0.169. The lowest BCUT2D eigenvalue weighted by Gasteiger charge is -1.94. The van der Waals surface area contributed by atoms with E-state index in [0.717, 1.165) is 9.75 Å². The van der Waals surface area contributed by atoms with Crippen LogP contribution in [0.5, 0.6) is 0 Å². The number of aryl methyl sites for hydroxylation is 1. The van der Waals surface area contributed by atoms with Crippen LogP contribution in [-0.2, 0) is 0 Å². The molecule has 0 radical (unpaired) electrons. The Labute approximate surface area is 101 Å². The van der Waals surface area contributed by atoms with Gasteiger partial charge in [-0.2, -0.15) is 5.10 Å². The third-order valence-electron chi connectivity index (χ3n) is 1.89. The highest BCUT2D eigenvalue weighted by molar-refractivity contribution is 7.11. The van der Waals surface area contributed by atoms with E-state index in [9.17, 15) is 4.79 Å². The molecule has 0 spiro atoms. The highest BCUT2D eigenvalue weighted by atomic mass is 32.1. The fourth-order valence-corrected chi connectivity index (χ4v) is 2.41. The molecule has 16 heavy (non-hydrogen) atoms. The number of carbonyl (C=O) groups is 1. The largest absolute Gasteiger partial charge is 0.272 e. The second-order valence-corrected chi connectivity index (χ2v) is 5.26. The maximum Gasteiger partial charge on any atom is 0.272 e. The predicted octanol–water partition coefficient (Wildman–Crippen LogP) is 2.88. The first-order chi connectivity index (χ1) is 7.75. The Kier molecular flexibility index (Phi) is 3.48. The van der Waals surface area contributed by atoms with Crippen LogP contribution < -0.4 is 5.43 Å². The van der Waals surface area contributed by atoms with Crippen LogP contribution in [0.2, 0.25) is 0 Å². The average Bonchev–Trinajstić information content (AvgIpc) is 2.89. The molecule has 0 fully saturated rings. The molecule has 0 atom stereocenters. The van der Waals surface area contributed by atoms with Gasteiger partial charge in [0.05, 0.1) is 11.8 Å². The quantitative estimate of drug-likeness (QED) is 0.660. The Hall–Kier alpha value is -1.46. The smallest absolute Gasteiger partial charge is 0.267 e. The third kappa shape index (κ3) is 2.77. The minimum Gasteiger partial charge on any atom is -0.267 e.